The van der Waals surface area contributed by atoms with Crippen molar-refractivity contribution in [1.29, 1.82) is 0 Å². The second kappa shape index (κ2) is 6.65. The molecule has 7 heteroatoms. The molecule has 0 unspecified atom stereocenters. The lowest BCUT2D eigenvalue weighted by molar-refractivity contribution is -0.117. The monoisotopic (exact) mass is 347 g/mol. The van der Waals surface area contributed by atoms with Gasteiger partial charge in [0, 0.05) is 35.7 Å². The van der Waals surface area contributed by atoms with Gasteiger partial charge in [0.2, 0.25) is 5.91 Å². The molecule has 0 radical (unpaired) electrons. The van der Waals surface area contributed by atoms with Gasteiger partial charge in [0.25, 0.3) is 5.91 Å². The number of anilines is 1. The van der Waals surface area contributed by atoms with Crippen molar-refractivity contribution in [2.75, 3.05) is 11.4 Å². The number of carbonyl (C=O) groups excluding carboxylic acids is 2. The lowest BCUT2D eigenvalue weighted by atomic mass is 10.1. The molecule has 0 spiro atoms. The molecule has 0 saturated carbocycles. The molecule has 2 aromatic rings. The molecule has 1 aliphatic heterocycles. The third-order valence-electron chi connectivity index (χ3n) is 3.91. The van der Waals surface area contributed by atoms with Crippen molar-refractivity contribution >= 4 is 29.1 Å². The van der Waals surface area contributed by atoms with Crippen molar-refractivity contribution in [2.45, 2.75) is 32.2 Å². The molecule has 2 heterocycles. The maximum Gasteiger partial charge on any atom is 0.273 e. The predicted octanol–water partition coefficient (Wildman–Crippen LogP) is 2.99. The first-order chi connectivity index (χ1) is 11.4. The number of nitrogens with zero attached hydrogens (tertiary/aromatic N) is 2. The van der Waals surface area contributed by atoms with E-state index in [1.165, 1.54) is 0 Å². The SMILES string of the molecule is CC(C)c1cc(C(=O)N[C@@H]2CC(=O)N(c3cccc(Cl)c3)C2)no1. The minimum absolute atomic E-state index is 0.0504. The van der Waals surface area contributed by atoms with E-state index in [4.69, 9.17) is 16.1 Å². The first kappa shape index (κ1) is 16.5. The van der Waals surface area contributed by atoms with E-state index in [2.05, 4.69) is 10.5 Å². The molecule has 24 heavy (non-hydrogen) atoms. The van der Waals surface area contributed by atoms with Crippen LogP contribution in [0.15, 0.2) is 34.9 Å². The summed E-state index contributed by atoms with van der Waals surface area (Å²) in [5, 5.41) is 7.19. The van der Waals surface area contributed by atoms with E-state index >= 15 is 0 Å². The third kappa shape index (κ3) is 3.43. The average Bonchev–Trinajstić information content (AvgIpc) is 3.14. The topological polar surface area (TPSA) is 75.4 Å². The molecular weight excluding hydrogens is 330 g/mol. The van der Waals surface area contributed by atoms with Crippen molar-refractivity contribution < 1.29 is 14.1 Å². The van der Waals surface area contributed by atoms with E-state index in [0.29, 0.717) is 17.3 Å². The number of benzene rings is 1. The van der Waals surface area contributed by atoms with Crippen LogP contribution in [-0.4, -0.2) is 29.6 Å². The maximum atomic E-state index is 12.3. The molecule has 0 aliphatic carbocycles. The van der Waals surface area contributed by atoms with E-state index in [-0.39, 0.29) is 35.9 Å². The lowest BCUT2D eigenvalue weighted by Gasteiger charge is -2.17. The molecule has 126 valence electrons. The summed E-state index contributed by atoms with van der Waals surface area (Å²) in [5.41, 5.74) is 0.958. The van der Waals surface area contributed by atoms with E-state index in [1.54, 1.807) is 29.2 Å². The zero-order chi connectivity index (χ0) is 17.3. The quantitative estimate of drug-likeness (QED) is 0.922. The number of hydrogen-bond acceptors (Lipinski definition) is 4. The highest BCUT2D eigenvalue weighted by molar-refractivity contribution is 6.30. The number of hydrogen-bond donors (Lipinski definition) is 1. The summed E-state index contributed by atoms with van der Waals surface area (Å²) in [4.78, 5) is 26.1. The first-order valence-electron chi connectivity index (χ1n) is 7.77. The molecule has 2 amide bonds. The Kier molecular flexibility index (Phi) is 4.57. The van der Waals surface area contributed by atoms with Gasteiger partial charge in [-0.25, -0.2) is 0 Å². The molecule has 1 aromatic heterocycles. The van der Waals surface area contributed by atoms with Crippen LogP contribution in [-0.2, 0) is 4.79 Å². The number of amides is 2. The molecule has 0 bridgehead atoms. The standard InChI is InChI=1S/C17H18ClN3O3/c1-10(2)15-8-14(20-24-15)17(23)19-12-7-16(22)21(9-12)13-5-3-4-11(18)6-13/h3-6,8,10,12H,7,9H2,1-2H3,(H,19,23)/t12-/m1/s1. The second-order valence-electron chi connectivity index (χ2n) is 6.13. The fraction of sp³-hybridized carbons (Fsp3) is 0.353. The molecule has 3 rings (SSSR count). The Morgan fingerprint density at radius 1 is 1.42 bits per heavy atom. The Morgan fingerprint density at radius 2 is 2.21 bits per heavy atom. The average molecular weight is 348 g/mol. The van der Waals surface area contributed by atoms with Crippen molar-refractivity contribution in [3.05, 3.63) is 46.8 Å². The highest BCUT2D eigenvalue weighted by atomic mass is 35.5. The Labute approximate surface area is 144 Å². The highest BCUT2D eigenvalue weighted by Gasteiger charge is 2.32. The van der Waals surface area contributed by atoms with Gasteiger partial charge >= 0.3 is 0 Å². The summed E-state index contributed by atoms with van der Waals surface area (Å²) >= 11 is 5.97. The van der Waals surface area contributed by atoms with Crippen molar-refractivity contribution in [2.24, 2.45) is 0 Å². The number of carbonyl (C=O) groups is 2. The van der Waals surface area contributed by atoms with Gasteiger partial charge in [0.15, 0.2) is 5.69 Å². The number of nitrogens with one attached hydrogen (secondary N) is 1. The van der Waals surface area contributed by atoms with Crippen LogP contribution in [0.2, 0.25) is 5.02 Å². The number of aromatic nitrogens is 1. The Bertz CT molecular complexity index is 772. The fourth-order valence-corrected chi connectivity index (χ4v) is 2.81. The summed E-state index contributed by atoms with van der Waals surface area (Å²) in [6.45, 7) is 4.32. The van der Waals surface area contributed by atoms with Crippen LogP contribution in [0.4, 0.5) is 5.69 Å². The number of halogens is 1. The zero-order valence-electron chi connectivity index (χ0n) is 13.5. The molecule has 1 fully saturated rings. The Balaban J connectivity index is 1.66. The maximum absolute atomic E-state index is 12.3. The van der Waals surface area contributed by atoms with Gasteiger partial charge in [0.05, 0.1) is 6.04 Å². The highest BCUT2D eigenvalue weighted by Crippen LogP contribution is 2.24. The van der Waals surface area contributed by atoms with E-state index in [9.17, 15) is 9.59 Å². The number of rotatable bonds is 4. The first-order valence-corrected chi connectivity index (χ1v) is 8.15. The summed E-state index contributed by atoms with van der Waals surface area (Å²) in [7, 11) is 0. The molecular formula is C17H18ClN3O3. The van der Waals surface area contributed by atoms with Crippen LogP contribution >= 0.6 is 11.6 Å². The molecule has 1 aromatic carbocycles. The van der Waals surface area contributed by atoms with Gasteiger partial charge in [-0.15, -0.1) is 0 Å². The Hall–Kier alpha value is -2.34. The molecule has 1 aliphatic rings. The largest absolute Gasteiger partial charge is 0.360 e. The van der Waals surface area contributed by atoms with Gasteiger partial charge in [-0.3, -0.25) is 9.59 Å². The van der Waals surface area contributed by atoms with E-state index in [1.807, 2.05) is 19.9 Å². The molecule has 1 atom stereocenters. The second-order valence-corrected chi connectivity index (χ2v) is 6.56. The van der Waals surface area contributed by atoms with Crippen LogP contribution < -0.4 is 10.2 Å². The van der Waals surface area contributed by atoms with Crippen LogP contribution in [0.5, 0.6) is 0 Å². The fourth-order valence-electron chi connectivity index (χ4n) is 2.63. The van der Waals surface area contributed by atoms with Crippen LogP contribution in [0.3, 0.4) is 0 Å². The van der Waals surface area contributed by atoms with Crippen molar-refractivity contribution in [1.82, 2.24) is 10.5 Å². The Morgan fingerprint density at radius 3 is 2.88 bits per heavy atom. The van der Waals surface area contributed by atoms with Gasteiger partial charge < -0.3 is 14.7 Å². The van der Waals surface area contributed by atoms with Gasteiger partial charge in [-0.1, -0.05) is 36.7 Å². The van der Waals surface area contributed by atoms with Gasteiger partial charge in [-0.2, -0.15) is 0 Å². The summed E-state index contributed by atoms with van der Waals surface area (Å²) in [6, 6.07) is 8.45. The zero-order valence-corrected chi connectivity index (χ0v) is 14.2. The van der Waals surface area contributed by atoms with Crippen molar-refractivity contribution in [3.8, 4) is 0 Å². The van der Waals surface area contributed by atoms with Gasteiger partial charge in [0.1, 0.15) is 5.76 Å². The van der Waals surface area contributed by atoms with Crippen molar-refractivity contribution in [3.63, 3.8) is 0 Å². The summed E-state index contributed by atoms with van der Waals surface area (Å²) < 4.78 is 5.13. The smallest absolute Gasteiger partial charge is 0.273 e. The minimum atomic E-state index is -0.337. The van der Waals surface area contributed by atoms with E-state index in [0.717, 1.165) is 5.69 Å². The summed E-state index contributed by atoms with van der Waals surface area (Å²) in [6.07, 6.45) is 0.243. The summed E-state index contributed by atoms with van der Waals surface area (Å²) in [5.74, 6) is 0.426. The van der Waals surface area contributed by atoms with Crippen LogP contribution in [0.1, 0.15) is 42.4 Å². The predicted molar refractivity (Wildman–Crippen MR) is 90.3 cm³/mol. The molecule has 1 saturated heterocycles. The molecule has 1 N–H and O–H groups in total. The third-order valence-corrected chi connectivity index (χ3v) is 4.15. The van der Waals surface area contributed by atoms with Crippen LogP contribution in [0.25, 0.3) is 0 Å². The van der Waals surface area contributed by atoms with E-state index < -0.39 is 0 Å². The lowest BCUT2D eigenvalue weighted by Crippen LogP contribution is -2.37. The van der Waals surface area contributed by atoms with Crippen LogP contribution in [0, 0.1) is 0 Å². The van der Waals surface area contributed by atoms with Gasteiger partial charge in [-0.05, 0) is 18.2 Å². The normalized spacial score (nSPS) is 17.6. The minimum Gasteiger partial charge on any atom is -0.360 e. The molecule has 6 nitrogen and oxygen atoms in total.